The molecule has 2 heteroatoms. The summed E-state index contributed by atoms with van der Waals surface area (Å²) in [4.78, 5) is 0. The predicted octanol–water partition coefficient (Wildman–Crippen LogP) is 5.88. The first-order chi connectivity index (χ1) is 9.53. The summed E-state index contributed by atoms with van der Waals surface area (Å²) in [6, 6.07) is 8.25. The zero-order valence-electron chi connectivity index (χ0n) is 13.0. The van der Waals surface area contributed by atoms with E-state index in [-0.39, 0.29) is 0 Å². The van der Waals surface area contributed by atoms with Crippen molar-refractivity contribution in [1.82, 2.24) is 0 Å². The van der Waals surface area contributed by atoms with Gasteiger partial charge in [0.05, 0.1) is 5.60 Å². The van der Waals surface area contributed by atoms with E-state index in [9.17, 15) is 5.11 Å². The molecule has 0 amide bonds. The summed E-state index contributed by atoms with van der Waals surface area (Å²) in [6.07, 6.45) is 10.7. The van der Waals surface area contributed by atoms with Crippen molar-refractivity contribution < 1.29 is 5.11 Å². The lowest BCUT2D eigenvalue weighted by Crippen LogP contribution is -2.26. The van der Waals surface area contributed by atoms with Crippen LogP contribution >= 0.6 is 15.9 Å². The van der Waals surface area contributed by atoms with Gasteiger partial charge < -0.3 is 5.11 Å². The van der Waals surface area contributed by atoms with Gasteiger partial charge >= 0.3 is 0 Å². The van der Waals surface area contributed by atoms with Gasteiger partial charge in [0.1, 0.15) is 0 Å². The molecule has 1 unspecified atom stereocenters. The van der Waals surface area contributed by atoms with Gasteiger partial charge in [-0.05, 0) is 31.0 Å². The summed E-state index contributed by atoms with van der Waals surface area (Å²) in [6.45, 7) is 4.21. The van der Waals surface area contributed by atoms with E-state index >= 15 is 0 Å². The van der Waals surface area contributed by atoms with Gasteiger partial charge in [-0.15, -0.1) is 0 Å². The van der Waals surface area contributed by atoms with Gasteiger partial charge in [-0.2, -0.15) is 0 Å². The van der Waals surface area contributed by atoms with Crippen LogP contribution in [0.15, 0.2) is 28.7 Å². The second-order valence-electron chi connectivity index (χ2n) is 6.17. The molecule has 1 aromatic rings. The Morgan fingerprint density at radius 3 is 2.10 bits per heavy atom. The minimum atomic E-state index is -0.572. The van der Waals surface area contributed by atoms with Gasteiger partial charge in [0.2, 0.25) is 0 Å². The highest BCUT2D eigenvalue weighted by molar-refractivity contribution is 9.10. The van der Waals surface area contributed by atoms with Crippen LogP contribution in [0.4, 0.5) is 0 Å². The fourth-order valence-electron chi connectivity index (χ4n) is 2.59. The minimum absolute atomic E-state index is 0.572. The molecule has 0 fully saturated rings. The molecule has 0 saturated heterocycles. The van der Waals surface area contributed by atoms with E-state index in [1.807, 2.05) is 19.1 Å². The fraction of sp³-hybridized carbons (Fsp3) is 0.667. The summed E-state index contributed by atoms with van der Waals surface area (Å²) in [5, 5.41) is 10.5. The summed E-state index contributed by atoms with van der Waals surface area (Å²) < 4.78 is 1.09. The lowest BCUT2D eigenvalue weighted by Gasteiger charge is -2.23. The molecule has 0 radical (unpaired) electrons. The van der Waals surface area contributed by atoms with E-state index < -0.39 is 5.60 Å². The summed E-state index contributed by atoms with van der Waals surface area (Å²) >= 11 is 3.44. The third-order valence-corrected chi connectivity index (χ3v) is 4.35. The van der Waals surface area contributed by atoms with Gasteiger partial charge in [-0.1, -0.05) is 79.9 Å². The van der Waals surface area contributed by atoms with Crippen LogP contribution in [0.1, 0.15) is 70.8 Å². The lowest BCUT2D eigenvalue weighted by molar-refractivity contribution is 0.0484. The topological polar surface area (TPSA) is 20.2 Å². The zero-order valence-corrected chi connectivity index (χ0v) is 14.6. The molecule has 0 bridgehead atoms. The third kappa shape index (κ3) is 8.06. The maximum absolute atomic E-state index is 10.5. The maximum atomic E-state index is 10.5. The van der Waals surface area contributed by atoms with Crippen LogP contribution in [0.2, 0.25) is 0 Å². The van der Waals surface area contributed by atoms with Gasteiger partial charge in [0.15, 0.2) is 0 Å². The monoisotopic (exact) mass is 340 g/mol. The minimum Gasteiger partial charge on any atom is -0.390 e. The van der Waals surface area contributed by atoms with Crippen molar-refractivity contribution in [1.29, 1.82) is 0 Å². The molecule has 1 rings (SSSR count). The number of halogens is 1. The highest BCUT2D eigenvalue weighted by atomic mass is 79.9. The van der Waals surface area contributed by atoms with E-state index in [0.29, 0.717) is 0 Å². The quantitative estimate of drug-likeness (QED) is 0.527. The normalized spacial score (nSPS) is 14.2. The average Bonchev–Trinajstić information content (AvgIpc) is 2.40. The Labute approximate surface area is 132 Å². The molecule has 0 aromatic heterocycles. The molecule has 1 atom stereocenters. The zero-order chi connectivity index (χ0) is 14.8. The standard InChI is InChI=1S/C18H29BrO/c1-3-4-5-6-7-8-9-14-18(2,20)15-16-10-12-17(19)13-11-16/h10-13,20H,3-9,14-15H2,1-2H3. The molecule has 0 heterocycles. The Morgan fingerprint density at radius 1 is 0.950 bits per heavy atom. The Bertz CT molecular complexity index is 356. The third-order valence-electron chi connectivity index (χ3n) is 3.82. The summed E-state index contributed by atoms with van der Waals surface area (Å²) in [5.41, 5.74) is 0.637. The smallest absolute Gasteiger partial charge is 0.0660 e. The molecule has 1 aromatic carbocycles. The fourth-order valence-corrected chi connectivity index (χ4v) is 2.86. The largest absolute Gasteiger partial charge is 0.390 e. The predicted molar refractivity (Wildman–Crippen MR) is 91.1 cm³/mol. The van der Waals surface area contributed by atoms with Crippen molar-refractivity contribution in [2.45, 2.75) is 77.2 Å². The van der Waals surface area contributed by atoms with Crippen molar-refractivity contribution in [2.75, 3.05) is 0 Å². The van der Waals surface area contributed by atoms with Crippen molar-refractivity contribution in [3.8, 4) is 0 Å². The molecule has 0 aliphatic rings. The van der Waals surface area contributed by atoms with Crippen LogP contribution in [0, 0.1) is 0 Å². The van der Waals surface area contributed by atoms with E-state index in [2.05, 4.69) is 35.0 Å². The molecule has 0 aliphatic heterocycles. The van der Waals surface area contributed by atoms with Gasteiger partial charge in [0.25, 0.3) is 0 Å². The molecule has 114 valence electrons. The second-order valence-corrected chi connectivity index (χ2v) is 7.09. The summed E-state index contributed by atoms with van der Waals surface area (Å²) in [5.74, 6) is 0. The van der Waals surface area contributed by atoms with Gasteiger partial charge in [0, 0.05) is 10.9 Å². The highest BCUT2D eigenvalue weighted by Crippen LogP contribution is 2.22. The van der Waals surface area contributed by atoms with Gasteiger partial charge in [-0.3, -0.25) is 0 Å². The molecule has 0 spiro atoms. The van der Waals surface area contributed by atoms with Crippen LogP contribution in [0.3, 0.4) is 0 Å². The molecule has 0 saturated carbocycles. The van der Waals surface area contributed by atoms with Crippen molar-refractivity contribution >= 4 is 15.9 Å². The first kappa shape index (κ1) is 17.7. The number of unbranched alkanes of at least 4 members (excludes halogenated alkanes) is 6. The average molecular weight is 341 g/mol. The number of aliphatic hydroxyl groups is 1. The first-order valence-corrected chi connectivity index (χ1v) is 8.79. The van der Waals surface area contributed by atoms with Crippen molar-refractivity contribution in [3.63, 3.8) is 0 Å². The molecular weight excluding hydrogens is 312 g/mol. The summed E-state index contributed by atoms with van der Waals surface area (Å²) in [7, 11) is 0. The molecule has 0 aliphatic carbocycles. The number of rotatable bonds is 10. The van der Waals surface area contributed by atoms with E-state index in [1.165, 1.54) is 44.1 Å². The highest BCUT2D eigenvalue weighted by Gasteiger charge is 2.20. The van der Waals surface area contributed by atoms with Gasteiger partial charge in [-0.25, -0.2) is 0 Å². The number of benzene rings is 1. The first-order valence-electron chi connectivity index (χ1n) is 8.00. The van der Waals surface area contributed by atoms with Crippen molar-refractivity contribution in [3.05, 3.63) is 34.3 Å². The maximum Gasteiger partial charge on any atom is 0.0660 e. The van der Waals surface area contributed by atoms with Crippen LogP contribution in [0.5, 0.6) is 0 Å². The Morgan fingerprint density at radius 2 is 1.50 bits per heavy atom. The Balaban J connectivity index is 2.19. The Kier molecular flexibility index (Phi) is 8.47. The lowest BCUT2D eigenvalue weighted by atomic mass is 9.91. The van der Waals surface area contributed by atoms with Crippen LogP contribution in [-0.2, 0) is 6.42 Å². The van der Waals surface area contributed by atoms with Crippen molar-refractivity contribution in [2.24, 2.45) is 0 Å². The molecule has 1 N–H and O–H groups in total. The van der Waals surface area contributed by atoms with E-state index in [0.717, 1.165) is 23.7 Å². The van der Waals surface area contributed by atoms with Crippen LogP contribution in [-0.4, -0.2) is 10.7 Å². The van der Waals surface area contributed by atoms with Crippen LogP contribution in [0.25, 0.3) is 0 Å². The second kappa shape index (κ2) is 9.57. The SMILES string of the molecule is CCCCCCCCCC(C)(O)Cc1ccc(Br)cc1. The molecular formula is C18H29BrO. The van der Waals surface area contributed by atoms with E-state index in [1.54, 1.807) is 0 Å². The number of hydrogen-bond donors (Lipinski definition) is 1. The molecule has 1 nitrogen and oxygen atoms in total. The van der Waals surface area contributed by atoms with E-state index in [4.69, 9.17) is 0 Å². The Hall–Kier alpha value is -0.340. The number of hydrogen-bond acceptors (Lipinski definition) is 1. The van der Waals surface area contributed by atoms with Crippen LogP contribution < -0.4 is 0 Å². The molecule has 20 heavy (non-hydrogen) atoms.